The number of anilines is 1. The number of carbonyl (C=O) groups excluding carboxylic acids is 1. The van der Waals surface area contributed by atoms with E-state index in [1.807, 2.05) is 49.4 Å². The fraction of sp³-hybridized carbons (Fsp3) is 0.100. The Hall–Kier alpha value is -4.25. The number of hydrogen-bond acceptors (Lipinski definition) is 8. The molecule has 5 aromatic rings. The largest absolute Gasteiger partial charge is 0.450 e. The van der Waals surface area contributed by atoms with E-state index >= 15 is 0 Å². The van der Waals surface area contributed by atoms with Crippen molar-refractivity contribution in [1.82, 2.24) is 14.5 Å². The van der Waals surface area contributed by atoms with Gasteiger partial charge in [-0.15, -0.1) is 0 Å². The molecule has 0 aliphatic carbocycles. The van der Waals surface area contributed by atoms with E-state index in [1.54, 1.807) is 54.1 Å². The molecule has 1 atom stereocenters. The summed E-state index contributed by atoms with van der Waals surface area (Å²) in [6.45, 7) is 3.68. The first-order valence-corrected chi connectivity index (χ1v) is 14.6. The summed E-state index contributed by atoms with van der Waals surface area (Å²) >= 11 is 8.71. The Morgan fingerprint density at radius 1 is 1.07 bits per heavy atom. The summed E-state index contributed by atoms with van der Waals surface area (Å²) in [7, 11) is 0. The molecule has 8 nitrogen and oxygen atoms in total. The highest BCUT2D eigenvalue weighted by Gasteiger charge is 2.32. The monoisotopic (exact) mass is 599 g/mol. The molecule has 1 aliphatic rings. The topological polar surface area (TPSA) is 102 Å². The van der Waals surface area contributed by atoms with Crippen LogP contribution in [-0.2, 0) is 4.79 Å². The summed E-state index contributed by atoms with van der Waals surface area (Å²) in [5, 5.41) is 4.68. The lowest BCUT2D eigenvalue weighted by atomic mass is 9.95. The van der Waals surface area contributed by atoms with E-state index in [9.17, 15) is 9.59 Å². The number of halogens is 1. The number of thiazole rings is 1. The molecule has 6 rings (SSSR count). The van der Waals surface area contributed by atoms with E-state index in [4.69, 9.17) is 16.0 Å². The van der Waals surface area contributed by atoms with E-state index < -0.39 is 6.04 Å². The lowest BCUT2D eigenvalue weighted by Gasteiger charge is -2.25. The number of nitrogens with one attached hydrogen (secondary N) is 1. The lowest BCUT2D eigenvalue weighted by Crippen LogP contribution is -2.40. The Morgan fingerprint density at radius 2 is 1.85 bits per heavy atom. The van der Waals surface area contributed by atoms with E-state index in [0.29, 0.717) is 47.3 Å². The normalized spacial score (nSPS) is 15.0. The second kappa shape index (κ2) is 11.3. The number of furan rings is 1. The van der Waals surface area contributed by atoms with Gasteiger partial charge in [-0.3, -0.25) is 14.2 Å². The van der Waals surface area contributed by atoms with Gasteiger partial charge in [-0.25, -0.2) is 15.0 Å². The van der Waals surface area contributed by atoms with Gasteiger partial charge < -0.3 is 9.73 Å². The van der Waals surface area contributed by atoms with Gasteiger partial charge in [0.05, 0.1) is 21.8 Å². The van der Waals surface area contributed by atoms with Crippen molar-refractivity contribution >= 4 is 52.4 Å². The van der Waals surface area contributed by atoms with Crippen LogP contribution in [0.1, 0.15) is 30.0 Å². The first-order valence-electron chi connectivity index (χ1n) is 12.6. The summed E-state index contributed by atoms with van der Waals surface area (Å²) in [6, 6.07) is 21.0. The standard InChI is InChI=1S/C30H22ClN5O3S2/c1-17-14-15-32-29(33-17)41-24-13-12-22(39-24)16-23-28(38)36-26(19-8-10-20(31)11-9-19)25(18(2)34-30(36)40-23)27(37)35-21-6-4-3-5-7-21/h3-16,26H,1-2H3,(H,35,37)/b23-16+/t26-/m1/s1. The van der Waals surface area contributed by atoms with Crippen LogP contribution >= 0.6 is 34.7 Å². The fourth-order valence-corrected chi connectivity index (χ4v) is 6.36. The summed E-state index contributed by atoms with van der Waals surface area (Å²) < 4.78 is 7.95. The first-order chi connectivity index (χ1) is 19.9. The summed E-state index contributed by atoms with van der Waals surface area (Å²) in [4.78, 5) is 41.3. The number of nitrogens with zero attached hydrogens (tertiary/aromatic N) is 4. The van der Waals surface area contributed by atoms with Crippen molar-refractivity contribution < 1.29 is 9.21 Å². The van der Waals surface area contributed by atoms with E-state index in [0.717, 1.165) is 11.3 Å². The minimum Gasteiger partial charge on any atom is -0.450 e. The molecule has 0 radical (unpaired) electrons. The second-order valence-corrected chi connectivity index (χ2v) is 11.6. The van der Waals surface area contributed by atoms with Crippen LogP contribution in [0.2, 0.25) is 5.02 Å². The number of aromatic nitrogens is 3. The molecular weight excluding hydrogens is 578 g/mol. The van der Waals surface area contributed by atoms with Crippen molar-refractivity contribution in [3.63, 3.8) is 0 Å². The molecule has 204 valence electrons. The molecule has 11 heteroatoms. The van der Waals surface area contributed by atoms with Crippen LogP contribution in [0, 0.1) is 6.92 Å². The van der Waals surface area contributed by atoms with Crippen LogP contribution in [-0.4, -0.2) is 20.4 Å². The number of amides is 1. The van der Waals surface area contributed by atoms with Gasteiger partial charge in [0.1, 0.15) is 5.76 Å². The highest BCUT2D eigenvalue weighted by atomic mass is 35.5. The molecule has 41 heavy (non-hydrogen) atoms. The number of hydrogen-bond donors (Lipinski definition) is 1. The van der Waals surface area contributed by atoms with Crippen LogP contribution in [0.15, 0.2) is 115 Å². The van der Waals surface area contributed by atoms with Gasteiger partial charge >= 0.3 is 0 Å². The summed E-state index contributed by atoms with van der Waals surface area (Å²) in [5.41, 5.74) is 2.87. The van der Waals surface area contributed by atoms with Crippen molar-refractivity contribution in [1.29, 1.82) is 0 Å². The van der Waals surface area contributed by atoms with Gasteiger partial charge in [0.2, 0.25) is 0 Å². The van der Waals surface area contributed by atoms with Gasteiger partial charge in [-0.2, -0.15) is 0 Å². The van der Waals surface area contributed by atoms with Crippen LogP contribution in [0.3, 0.4) is 0 Å². The Bertz CT molecular complexity index is 1980. The second-order valence-electron chi connectivity index (χ2n) is 9.19. The zero-order valence-electron chi connectivity index (χ0n) is 21.9. The minimum atomic E-state index is -0.699. The summed E-state index contributed by atoms with van der Waals surface area (Å²) in [5.74, 6) is 0.170. The molecule has 2 aromatic carbocycles. The maximum absolute atomic E-state index is 13.9. The van der Waals surface area contributed by atoms with Gasteiger partial charge in [0, 0.05) is 28.7 Å². The van der Waals surface area contributed by atoms with Gasteiger partial charge in [0.25, 0.3) is 11.5 Å². The molecule has 0 unspecified atom stereocenters. The van der Waals surface area contributed by atoms with Crippen molar-refractivity contribution in [3.8, 4) is 0 Å². The molecule has 0 saturated carbocycles. The minimum absolute atomic E-state index is 0.279. The predicted molar refractivity (Wildman–Crippen MR) is 160 cm³/mol. The molecule has 3 aromatic heterocycles. The average Bonchev–Trinajstić information content (AvgIpc) is 3.52. The maximum atomic E-state index is 13.9. The van der Waals surface area contributed by atoms with Crippen molar-refractivity contribution in [3.05, 3.63) is 132 Å². The van der Waals surface area contributed by atoms with Crippen LogP contribution in [0.25, 0.3) is 6.08 Å². The molecule has 0 bridgehead atoms. The summed E-state index contributed by atoms with van der Waals surface area (Å²) in [6.07, 6.45) is 3.38. The molecule has 1 aliphatic heterocycles. The number of rotatable bonds is 6. The predicted octanol–water partition coefficient (Wildman–Crippen LogP) is 5.37. The maximum Gasteiger partial charge on any atom is 0.271 e. The fourth-order valence-electron chi connectivity index (χ4n) is 4.45. The molecular formula is C30H22ClN5O3S2. The van der Waals surface area contributed by atoms with E-state index in [-0.39, 0.29) is 11.5 Å². The van der Waals surface area contributed by atoms with Gasteiger partial charge in [0.15, 0.2) is 15.1 Å². The molecule has 1 N–H and O–H groups in total. The first kappa shape index (κ1) is 26.9. The lowest BCUT2D eigenvalue weighted by molar-refractivity contribution is -0.113. The van der Waals surface area contributed by atoms with E-state index in [1.165, 1.54) is 23.1 Å². The third-order valence-electron chi connectivity index (χ3n) is 6.32. The highest BCUT2D eigenvalue weighted by Crippen LogP contribution is 2.31. The quantitative estimate of drug-likeness (QED) is 0.263. The molecule has 0 spiro atoms. The zero-order valence-corrected chi connectivity index (χ0v) is 24.3. The number of para-hydroxylation sites is 1. The third kappa shape index (κ3) is 5.67. The third-order valence-corrected chi connectivity index (χ3v) is 8.36. The number of carbonyl (C=O) groups is 1. The van der Waals surface area contributed by atoms with Crippen molar-refractivity contribution in [2.24, 2.45) is 4.99 Å². The van der Waals surface area contributed by atoms with E-state index in [2.05, 4.69) is 20.3 Å². The van der Waals surface area contributed by atoms with Gasteiger partial charge in [-0.1, -0.05) is 53.3 Å². The smallest absolute Gasteiger partial charge is 0.271 e. The number of fused-ring (bicyclic) bond motifs is 1. The van der Waals surface area contributed by atoms with Crippen LogP contribution in [0.5, 0.6) is 0 Å². The van der Waals surface area contributed by atoms with Crippen molar-refractivity contribution in [2.75, 3.05) is 5.32 Å². The Labute approximate surface area is 247 Å². The SMILES string of the molecule is CC1=C(C(=O)Nc2ccccc2)[C@@H](c2ccc(Cl)cc2)n2c(s/c(=C/c3ccc(Sc4nccc(C)n4)o3)c2=O)=N1. The zero-order chi connectivity index (χ0) is 28.5. The highest BCUT2D eigenvalue weighted by molar-refractivity contribution is 7.99. The van der Waals surface area contributed by atoms with Crippen LogP contribution in [0.4, 0.5) is 5.69 Å². The number of allylic oxidation sites excluding steroid dienone is 1. The average molecular weight is 600 g/mol. The molecule has 4 heterocycles. The molecule has 1 amide bonds. The van der Waals surface area contributed by atoms with Crippen molar-refractivity contribution in [2.45, 2.75) is 30.1 Å². The Balaban J connectivity index is 1.40. The molecule has 0 saturated heterocycles. The van der Waals surface area contributed by atoms with Crippen LogP contribution < -0.4 is 20.2 Å². The number of aryl methyl sites for hydroxylation is 1. The molecule has 0 fully saturated rings. The Morgan fingerprint density at radius 3 is 2.61 bits per heavy atom. The van der Waals surface area contributed by atoms with Gasteiger partial charge in [-0.05, 0) is 73.6 Å². The number of benzene rings is 2. The Kier molecular flexibility index (Phi) is 7.44.